The lowest BCUT2D eigenvalue weighted by atomic mass is 10.0. The highest BCUT2D eigenvalue weighted by molar-refractivity contribution is 5.71. The Kier molecular flexibility index (Phi) is 21.8. The van der Waals surface area contributed by atoms with Crippen LogP contribution < -0.4 is 0 Å². The molecular weight excluding hydrogens is 376 g/mol. The molecule has 0 aromatic rings. The van der Waals surface area contributed by atoms with E-state index in [0.29, 0.717) is 12.8 Å². The highest BCUT2D eigenvalue weighted by Gasteiger charge is 2.17. The van der Waals surface area contributed by atoms with Crippen molar-refractivity contribution in [2.24, 2.45) is 0 Å². The molecule has 0 amide bonds. The number of rotatable bonds is 23. The summed E-state index contributed by atoms with van der Waals surface area (Å²) in [5, 5.41) is 9.10. The Bertz CT molecular complexity index is 394. The number of esters is 1. The third kappa shape index (κ3) is 21.6. The molecule has 0 aliphatic rings. The summed E-state index contributed by atoms with van der Waals surface area (Å²) in [4.78, 5) is 23.2. The molecule has 0 aliphatic carbocycles. The van der Waals surface area contributed by atoms with Crippen LogP contribution in [0.25, 0.3) is 0 Å². The molecule has 178 valence electrons. The second kappa shape index (κ2) is 22.6. The molecule has 0 radical (unpaired) electrons. The van der Waals surface area contributed by atoms with E-state index in [2.05, 4.69) is 13.8 Å². The predicted molar refractivity (Wildman–Crippen MR) is 126 cm³/mol. The minimum atomic E-state index is -0.883. The zero-order valence-corrected chi connectivity index (χ0v) is 20.1. The first-order valence-electron chi connectivity index (χ1n) is 13.0. The van der Waals surface area contributed by atoms with Gasteiger partial charge in [-0.2, -0.15) is 0 Å². The molecule has 0 aliphatic heterocycles. The van der Waals surface area contributed by atoms with Gasteiger partial charge in [0.2, 0.25) is 0 Å². The molecule has 0 spiro atoms. The normalized spacial score (nSPS) is 12.1. The number of hydrogen-bond donors (Lipinski definition) is 1. The summed E-state index contributed by atoms with van der Waals surface area (Å²) >= 11 is 0. The van der Waals surface area contributed by atoms with E-state index >= 15 is 0 Å². The van der Waals surface area contributed by atoms with Gasteiger partial charge in [-0.25, -0.2) is 0 Å². The van der Waals surface area contributed by atoms with Gasteiger partial charge in [0.25, 0.3) is 0 Å². The van der Waals surface area contributed by atoms with E-state index in [0.717, 1.165) is 25.7 Å². The first kappa shape index (κ1) is 28.9. The van der Waals surface area contributed by atoms with Gasteiger partial charge in [-0.05, 0) is 19.3 Å². The van der Waals surface area contributed by atoms with E-state index in [-0.39, 0.29) is 12.4 Å². The highest BCUT2D eigenvalue weighted by atomic mass is 16.5. The van der Waals surface area contributed by atoms with Crippen LogP contribution in [-0.2, 0) is 14.3 Å². The number of carboxylic acid groups (broad SMARTS) is 1. The number of unbranched alkanes of at least 4 members (excludes halogenated alkanes) is 16. The zero-order valence-electron chi connectivity index (χ0n) is 20.1. The number of carbonyl (C=O) groups excluding carboxylic acids is 1. The number of carboxylic acids is 1. The SMILES string of the molecule is CCCCCCCCCCCC(=O)OC(CCCCCCCCCCC)CC(=O)O. The lowest BCUT2D eigenvalue weighted by molar-refractivity contribution is -0.153. The van der Waals surface area contributed by atoms with Crippen molar-refractivity contribution in [1.82, 2.24) is 0 Å². The third-order valence-electron chi connectivity index (χ3n) is 5.81. The number of carbonyl (C=O) groups is 2. The molecule has 0 aromatic carbocycles. The molecule has 0 aromatic heterocycles. The Hall–Kier alpha value is -1.06. The first-order valence-corrected chi connectivity index (χ1v) is 13.0. The molecule has 0 rings (SSSR count). The van der Waals surface area contributed by atoms with Gasteiger partial charge in [-0.15, -0.1) is 0 Å². The number of ether oxygens (including phenoxy) is 1. The van der Waals surface area contributed by atoms with Crippen LogP contribution in [0, 0.1) is 0 Å². The van der Waals surface area contributed by atoms with Gasteiger partial charge in [0.05, 0.1) is 6.42 Å². The monoisotopic (exact) mass is 426 g/mol. The molecule has 0 bridgehead atoms. The van der Waals surface area contributed by atoms with Crippen molar-refractivity contribution < 1.29 is 19.4 Å². The van der Waals surface area contributed by atoms with Crippen molar-refractivity contribution >= 4 is 11.9 Å². The molecule has 0 fully saturated rings. The van der Waals surface area contributed by atoms with Gasteiger partial charge >= 0.3 is 11.9 Å². The van der Waals surface area contributed by atoms with Crippen molar-refractivity contribution in [3.63, 3.8) is 0 Å². The second-order valence-corrected chi connectivity index (χ2v) is 8.91. The minimum Gasteiger partial charge on any atom is -0.481 e. The van der Waals surface area contributed by atoms with Crippen molar-refractivity contribution in [2.45, 2.75) is 155 Å². The van der Waals surface area contributed by atoms with E-state index in [9.17, 15) is 9.59 Å². The second-order valence-electron chi connectivity index (χ2n) is 8.91. The molecule has 0 heterocycles. The fourth-order valence-corrected chi connectivity index (χ4v) is 3.90. The molecule has 30 heavy (non-hydrogen) atoms. The van der Waals surface area contributed by atoms with Crippen molar-refractivity contribution in [1.29, 1.82) is 0 Å². The standard InChI is InChI=1S/C26H50O4/c1-3-5-7-9-11-13-15-17-19-21-24(23-25(27)28)30-26(29)22-20-18-16-14-12-10-8-6-4-2/h24H,3-23H2,1-2H3,(H,27,28). The van der Waals surface area contributed by atoms with Crippen LogP contribution in [0.4, 0.5) is 0 Å². The van der Waals surface area contributed by atoms with Crippen molar-refractivity contribution in [3.05, 3.63) is 0 Å². The lowest BCUT2D eigenvalue weighted by Gasteiger charge is -2.16. The van der Waals surface area contributed by atoms with Crippen LogP contribution >= 0.6 is 0 Å². The topological polar surface area (TPSA) is 63.6 Å². The number of aliphatic carboxylic acids is 1. The molecule has 4 heteroatoms. The van der Waals surface area contributed by atoms with Crippen LogP contribution in [0.5, 0.6) is 0 Å². The summed E-state index contributed by atoms with van der Waals surface area (Å²) in [5.41, 5.74) is 0. The average molecular weight is 427 g/mol. The Morgan fingerprint density at radius 1 is 0.633 bits per heavy atom. The summed E-state index contributed by atoms with van der Waals surface area (Å²) in [6.07, 6.45) is 22.5. The van der Waals surface area contributed by atoms with Crippen LogP contribution in [0.1, 0.15) is 149 Å². The number of hydrogen-bond acceptors (Lipinski definition) is 3. The predicted octanol–water partition coefficient (Wildman–Crippen LogP) is 8.21. The summed E-state index contributed by atoms with van der Waals surface area (Å²) in [7, 11) is 0. The van der Waals surface area contributed by atoms with E-state index in [1.165, 1.54) is 89.9 Å². The molecule has 1 N–H and O–H groups in total. The van der Waals surface area contributed by atoms with Crippen molar-refractivity contribution in [3.8, 4) is 0 Å². The Morgan fingerprint density at radius 2 is 1.03 bits per heavy atom. The maximum absolute atomic E-state index is 12.1. The van der Waals surface area contributed by atoms with E-state index in [1.54, 1.807) is 0 Å². The van der Waals surface area contributed by atoms with Crippen LogP contribution in [0.3, 0.4) is 0 Å². The smallest absolute Gasteiger partial charge is 0.307 e. The van der Waals surface area contributed by atoms with E-state index in [4.69, 9.17) is 9.84 Å². The lowest BCUT2D eigenvalue weighted by Crippen LogP contribution is -2.21. The maximum Gasteiger partial charge on any atom is 0.307 e. The van der Waals surface area contributed by atoms with Gasteiger partial charge in [-0.3, -0.25) is 9.59 Å². The fraction of sp³-hybridized carbons (Fsp3) is 0.923. The Labute approximate surface area is 186 Å². The van der Waals surface area contributed by atoms with Gasteiger partial charge in [0, 0.05) is 6.42 Å². The van der Waals surface area contributed by atoms with E-state index in [1.807, 2.05) is 0 Å². The largest absolute Gasteiger partial charge is 0.481 e. The summed E-state index contributed by atoms with van der Waals surface area (Å²) in [5.74, 6) is -1.10. The van der Waals surface area contributed by atoms with Gasteiger partial charge < -0.3 is 9.84 Å². The van der Waals surface area contributed by atoms with Gasteiger partial charge in [0.15, 0.2) is 0 Å². The fourth-order valence-electron chi connectivity index (χ4n) is 3.90. The van der Waals surface area contributed by atoms with E-state index < -0.39 is 12.1 Å². The molecule has 0 saturated carbocycles. The Morgan fingerprint density at radius 3 is 1.47 bits per heavy atom. The van der Waals surface area contributed by atoms with Crippen LogP contribution in [-0.4, -0.2) is 23.1 Å². The van der Waals surface area contributed by atoms with Gasteiger partial charge in [0.1, 0.15) is 6.10 Å². The summed E-state index contributed by atoms with van der Waals surface area (Å²) in [6.45, 7) is 4.47. The van der Waals surface area contributed by atoms with Crippen molar-refractivity contribution in [2.75, 3.05) is 0 Å². The summed E-state index contributed by atoms with van der Waals surface area (Å²) < 4.78 is 5.49. The highest BCUT2D eigenvalue weighted by Crippen LogP contribution is 2.16. The Balaban J connectivity index is 3.75. The minimum absolute atomic E-state index is 0.0689. The van der Waals surface area contributed by atoms with Crippen LogP contribution in [0.15, 0.2) is 0 Å². The first-order chi connectivity index (χ1) is 14.6. The molecule has 0 saturated heterocycles. The third-order valence-corrected chi connectivity index (χ3v) is 5.81. The molecule has 4 nitrogen and oxygen atoms in total. The summed E-state index contributed by atoms with van der Waals surface area (Å²) in [6, 6.07) is 0. The zero-order chi connectivity index (χ0) is 22.3. The quantitative estimate of drug-likeness (QED) is 0.132. The van der Waals surface area contributed by atoms with Gasteiger partial charge in [-0.1, -0.05) is 117 Å². The maximum atomic E-state index is 12.1. The van der Waals surface area contributed by atoms with Crippen LogP contribution in [0.2, 0.25) is 0 Å². The molecule has 1 unspecified atom stereocenters. The molecule has 1 atom stereocenters. The molecular formula is C26H50O4. The average Bonchev–Trinajstić information content (AvgIpc) is 2.70.